The van der Waals surface area contributed by atoms with Crippen LogP contribution < -0.4 is 10.6 Å². The first-order valence-corrected chi connectivity index (χ1v) is 9.89. The maximum atomic E-state index is 12.9. The van der Waals surface area contributed by atoms with Crippen molar-refractivity contribution in [1.82, 2.24) is 10.6 Å². The fraction of sp³-hybridized carbons (Fsp3) is 0.500. The summed E-state index contributed by atoms with van der Waals surface area (Å²) in [5.41, 5.74) is 1.86. The van der Waals surface area contributed by atoms with E-state index in [1.165, 1.54) is 0 Å². The normalized spacial score (nSPS) is 29.0. The summed E-state index contributed by atoms with van der Waals surface area (Å²) in [5.74, 6) is 0.856. The molecule has 1 aromatic carbocycles. The molecule has 2 amide bonds. The Hall–Kier alpha value is -1.82. The molecule has 2 aliphatic rings. The highest BCUT2D eigenvalue weighted by atomic mass is 79.9. The molecule has 0 aromatic heterocycles. The zero-order valence-corrected chi connectivity index (χ0v) is 16.9. The maximum absolute atomic E-state index is 12.9. The van der Waals surface area contributed by atoms with Crippen LogP contribution in [0.1, 0.15) is 51.6 Å². The van der Waals surface area contributed by atoms with Crippen molar-refractivity contribution >= 4 is 27.9 Å². The summed E-state index contributed by atoms with van der Waals surface area (Å²) in [5, 5.41) is 5.54. The van der Waals surface area contributed by atoms with E-state index >= 15 is 0 Å². The fourth-order valence-electron chi connectivity index (χ4n) is 3.69. The van der Waals surface area contributed by atoms with Crippen LogP contribution in [0.15, 0.2) is 40.0 Å². The minimum atomic E-state index is -0.510. The highest BCUT2D eigenvalue weighted by molar-refractivity contribution is 9.10. The quantitative estimate of drug-likeness (QED) is 0.709. The van der Waals surface area contributed by atoms with Crippen molar-refractivity contribution < 1.29 is 14.3 Å². The van der Waals surface area contributed by atoms with Gasteiger partial charge in [-0.05, 0) is 55.7 Å². The third-order valence-electron chi connectivity index (χ3n) is 5.52. The molecular formula is C20H25BrN2O3. The van der Waals surface area contributed by atoms with Gasteiger partial charge in [0.15, 0.2) is 0 Å². The lowest BCUT2D eigenvalue weighted by molar-refractivity contribution is -0.147. The molecule has 0 saturated heterocycles. The second-order valence-electron chi connectivity index (χ2n) is 7.42. The molecule has 0 spiro atoms. The van der Waals surface area contributed by atoms with Crippen molar-refractivity contribution in [2.75, 3.05) is 0 Å². The van der Waals surface area contributed by atoms with Crippen LogP contribution in [0, 0.1) is 11.8 Å². The molecule has 5 nitrogen and oxygen atoms in total. The Labute approximate surface area is 162 Å². The summed E-state index contributed by atoms with van der Waals surface area (Å²) < 4.78 is 6.77. The van der Waals surface area contributed by atoms with Crippen LogP contribution in [-0.4, -0.2) is 18.1 Å². The van der Waals surface area contributed by atoms with E-state index in [0.717, 1.165) is 29.3 Å². The highest BCUT2D eigenvalue weighted by Gasteiger charge is 2.34. The molecule has 26 heavy (non-hydrogen) atoms. The van der Waals surface area contributed by atoms with Crippen LogP contribution in [0.4, 0.5) is 4.79 Å². The van der Waals surface area contributed by atoms with Crippen molar-refractivity contribution in [3.05, 3.63) is 45.6 Å². The summed E-state index contributed by atoms with van der Waals surface area (Å²) in [4.78, 5) is 24.9. The van der Waals surface area contributed by atoms with E-state index in [4.69, 9.17) is 4.74 Å². The molecule has 0 bridgehead atoms. The molecule has 1 saturated carbocycles. The van der Waals surface area contributed by atoms with Gasteiger partial charge in [0.2, 0.25) is 0 Å². The van der Waals surface area contributed by atoms with Gasteiger partial charge in [-0.15, -0.1) is 0 Å². The van der Waals surface area contributed by atoms with Gasteiger partial charge in [0.1, 0.15) is 6.10 Å². The van der Waals surface area contributed by atoms with E-state index in [9.17, 15) is 9.59 Å². The summed E-state index contributed by atoms with van der Waals surface area (Å²) in [6.45, 7) is 6.20. The predicted octanol–water partition coefficient (Wildman–Crippen LogP) is 4.44. The van der Waals surface area contributed by atoms with Gasteiger partial charge in [-0.2, -0.15) is 0 Å². The molecule has 1 fully saturated rings. The summed E-state index contributed by atoms with van der Waals surface area (Å²) in [7, 11) is 0. The number of ether oxygens (including phenoxy) is 1. The third kappa shape index (κ3) is 4.11. The van der Waals surface area contributed by atoms with Crippen molar-refractivity contribution in [1.29, 1.82) is 0 Å². The van der Waals surface area contributed by atoms with E-state index in [1.54, 1.807) is 6.92 Å². The third-order valence-corrected chi connectivity index (χ3v) is 6.04. The molecule has 0 radical (unpaired) electrons. The fourth-order valence-corrected chi connectivity index (χ4v) is 3.95. The SMILES string of the molecule is CC1=C(C(=O)O[C@H]2CC[C@H](C)[C@@H](C)C2)[C@@H](c2ccc(Br)cc2)NC(=O)N1. The summed E-state index contributed by atoms with van der Waals surface area (Å²) >= 11 is 3.41. The van der Waals surface area contributed by atoms with Gasteiger partial charge in [0.25, 0.3) is 0 Å². The number of amides is 2. The first-order valence-electron chi connectivity index (χ1n) is 9.10. The van der Waals surface area contributed by atoms with Gasteiger partial charge in [0, 0.05) is 10.2 Å². The van der Waals surface area contributed by atoms with Crippen molar-refractivity contribution in [2.24, 2.45) is 11.8 Å². The second-order valence-corrected chi connectivity index (χ2v) is 8.33. The Kier molecular flexibility index (Phi) is 5.70. The van der Waals surface area contributed by atoms with Crippen molar-refractivity contribution in [2.45, 2.75) is 52.2 Å². The lowest BCUT2D eigenvalue weighted by atomic mass is 9.80. The molecule has 140 valence electrons. The van der Waals surface area contributed by atoms with Gasteiger partial charge in [-0.1, -0.05) is 41.9 Å². The number of hydrogen-bond acceptors (Lipinski definition) is 3. The molecular weight excluding hydrogens is 396 g/mol. The van der Waals surface area contributed by atoms with Crippen LogP contribution in [0.25, 0.3) is 0 Å². The molecule has 6 heteroatoms. The van der Waals surface area contributed by atoms with Crippen molar-refractivity contribution in [3.63, 3.8) is 0 Å². The number of nitrogens with one attached hydrogen (secondary N) is 2. The van der Waals surface area contributed by atoms with Gasteiger partial charge in [0.05, 0.1) is 11.6 Å². The lowest BCUT2D eigenvalue weighted by Gasteiger charge is -2.33. The minimum absolute atomic E-state index is 0.0582. The molecule has 4 atom stereocenters. The number of carbonyl (C=O) groups is 2. The minimum Gasteiger partial charge on any atom is -0.459 e. The number of allylic oxidation sites excluding steroid dienone is 1. The van der Waals surface area contributed by atoms with Gasteiger partial charge in [-0.3, -0.25) is 0 Å². The van der Waals surface area contributed by atoms with E-state index in [2.05, 4.69) is 40.4 Å². The summed E-state index contributed by atoms with van der Waals surface area (Å²) in [6, 6.07) is 6.76. The van der Waals surface area contributed by atoms with Crippen LogP contribution >= 0.6 is 15.9 Å². The average Bonchev–Trinajstić information content (AvgIpc) is 2.58. The Bertz CT molecular complexity index is 729. The van der Waals surface area contributed by atoms with Gasteiger partial charge >= 0.3 is 12.0 Å². The Balaban J connectivity index is 1.82. The van der Waals surface area contributed by atoms with E-state index < -0.39 is 6.04 Å². The number of benzene rings is 1. The van der Waals surface area contributed by atoms with Crippen LogP contribution in [0.5, 0.6) is 0 Å². The first-order chi connectivity index (χ1) is 12.3. The van der Waals surface area contributed by atoms with E-state index in [-0.39, 0.29) is 18.1 Å². The second kappa shape index (κ2) is 7.82. The van der Waals surface area contributed by atoms with Crippen LogP contribution in [-0.2, 0) is 9.53 Å². The monoisotopic (exact) mass is 420 g/mol. The van der Waals surface area contributed by atoms with Crippen LogP contribution in [0.2, 0.25) is 0 Å². The molecule has 0 unspecified atom stereocenters. The number of urea groups is 1. The van der Waals surface area contributed by atoms with Gasteiger partial charge in [-0.25, -0.2) is 9.59 Å². The highest BCUT2D eigenvalue weighted by Crippen LogP contribution is 2.33. The number of esters is 1. The predicted molar refractivity (Wildman–Crippen MR) is 103 cm³/mol. The topological polar surface area (TPSA) is 67.4 Å². The number of rotatable bonds is 3. The molecule has 2 N–H and O–H groups in total. The Morgan fingerprint density at radius 3 is 2.50 bits per heavy atom. The largest absolute Gasteiger partial charge is 0.459 e. The average molecular weight is 421 g/mol. The zero-order chi connectivity index (χ0) is 18.8. The molecule has 1 aliphatic heterocycles. The van der Waals surface area contributed by atoms with E-state index in [1.807, 2.05) is 24.3 Å². The number of carbonyl (C=O) groups excluding carboxylic acids is 2. The standard InChI is InChI=1S/C20H25BrN2O3/c1-11-4-9-16(10-12(11)2)26-19(24)17-13(3)22-20(25)23-18(17)14-5-7-15(21)8-6-14/h5-8,11-12,16,18H,4,9-10H2,1-3H3,(H2,22,23,25)/t11-,12-,16-,18+/m0/s1. The lowest BCUT2D eigenvalue weighted by Crippen LogP contribution is -2.45. The maximum Gasteiger partial charge on any atom is 0.338 e. The molecule has 1 heterocycles. The smallest absolute Gasteiger partial charge is 0.338 e. The molecule has 3 rings (SSSR count). The Morgan fingerprint density at radius 2 is 1.85 bits per heavy atom. The van der Waals surface area contributed by atoms with Crippen LogP contribution in [0.3, 0.4) is 0 Å². The zero-order valence-electron chi connectivity index (χ0n) is 15.3. The first kappa shape index (κ1) is 19.0. The Morgan fingerprint density at radius 1 is 1.15 bits per heavy atom. The van der Waals surface area contributed by atoms with E-state index in [0.29, 0.717) is 23.1 Å². The van der Waals surface area contributed by atoms with Gasteiger partial charge < -0.3 is 15.4 Å². The number of hydrogen-bond donors (Lipinski definition) is 2. The molecule has 1 aliphatic carbocycles. The number of halogens is 1. The molecule has 1 aromatic rings. The summed E-state index contributed by atoms with van der Waals surface area (Å²) in [6.07, 6.45) is 2.80. The van der Waals surface area contributed by atoms with Crippen molar-refractivity contribution in [3.8, 4) is 0 Å².